The first-order valence-electron chi connectivity index (χ1n) is 6.95. The predicted octanol–water partition coefficient (Wildman–Crippen LogP) is 5.56. The quantitative estimate of drug-likeness (QED) is 0.660. The van der Waals surface area contributed by atoms with Gasteiger partial charge in [0.25, 0.3) is 0 Å². The van der Waals surface area contributed by atoms with Crippen molar-refractivity contribution in [3.8, 4) is 0 Å². The Balaban J connectivity index is 2.63. The second-order valence-corrected chi connectivity index (χ2v) is 5.78. The molecule has 1 heterocycles. The van der Waals surface area contributed by atoms with Crippen LogP contribution in [-0.4, -0.2) is 9.55 Å². The van der Waals surface area contributed by atoms with Gasteiger partial charge in [-0.15, -0.1) is 11.6 Å². The molecular weight excluding hydrogens is 298 g/mol. The Morgan fingerprint density at radius 1 is 1.30 bits per heavy atom. The molecule has 1 aromatic carbocycles. The molecule has 0 aliphatic rings. The first-order valence-corrected chi connectivity index (χ1v) is 7.86. The van der Waals surface area contributed by atoms with Gasteiger partial charge < -0.3 is 4.57 Å². The molecule has 0 amide bonds. The average molecular weight is 317 g/mol. The van der Waals surface area contributed by atoms with E-state index in [0.717, 1.165) is 24.2 Å². The first-order chi connectivity index (χ1) is 9.53. The van der Waals surface area contributed by atoms with Crippen molar-refractivity contribution in [1.82, 2.24) is 9.55 Å². The summed E-state index contributed by atoms with van der Waals surface area (Å²) in [6, 6.07) is 3.28. The van der Waals surface area contributed by atoms with Crippen LogP contribution in [0.2, 0.25) is 5.02 Å². The summed E-state index contributed by atoms with van der Waals surface area (Å²) >= 11 is 11.9. The van der Waals surface area contributed by atoms with Crippen LogP contribution in [0, 0.1) is 11.7 Å². The summed E-state index contributed by atoms with van der Waals surface area (Å²) in [4.78, 5) is 4.44. The number of fused-ring (bicyclic) bond motifs is 1. The fraction of sp³-hybridized carbons (Fsp3) is 0.533. The zero-order valence-electron chi connectivity index (χ0n) is 12.0. The molecule has 0 saturated carbocycles. The highest BCUT2D eigenvalue weighted by Gasteiger charge is 2.22. The lowest BCUT2D eigenvalue weighted by molar-refractivity contribution is 0.334. The zero-order valence-corrected chi connectivity index (χ0v) is 13.5. The first kappa shape index (κ1) is 15.6. The van der Waals surface area contributed by atoms with E-state index in [1.165, 1.54) is 6.07 Å². The van der Waals surface area contributed by atoms with Crippen LogP contribution in [-0.2, 0) is 5.88 Å². The van der Waals surface area contributed by atoms with Crippen molar-refractivity contribution >= 4 is 34.2 Å². The van der Waals surface area contributed by atoms with Gasteiger partial charge in [0, 0.05) is 12.1 Å². The van der Waals surface area contributed by atoms with Gasteiger partial charge in [0.2, 0.25) is 0 Å². The minimum atomic E-state index is -0.444. The summed E-state index contributed by atoms with van der Waals surface area (Å²) in [5, 5.41) is 0.122. The average Bonchev–Trinajstić information content (AvgIpc) is 2.78. The molecule has 0 bridgehead atoms. The number of rotatable bonds is 5. The zero-order chi connectivity index (χ0) is 14.9. The monoisotopic (exact) mass is 316 g/mol. The number of benzene rings is 1. The number of nitrogens with zero attached hydrogens (tertiary/aromatic N) is 2. The van der Waals surface area contributed by atoms with Gasteiger partial charge in [0.15, 0.2) is 0 Å². The highest BCUT2D eigenvalue weighted by Crippen LogP contribution is 2.32. The van der Waals surface area contributed by atoms with E-state index in [4.69, 9.17) is 23.2 Å². The van der Waals surface area contributed by atoms with E-state index >= 15 is 0 Å². The van der Waals surface area contributed by atoms with Crippen LogP contribution in [0.1, 0.15) is 45.5 Å². The molecule has 5 heteroatoms. The number of imidazole rings is 1. The van der Waals surface area contributed by atoms with Gasteiger partial charge in [-0.05, 0) is 18.9 Å². The normalized spacial score (nSPS) is 13.3. The van der Waals surface area contributed by atoms with Crippen LogP contribution in [0.3, 0.4) is 0 Å². The van der Waals surface area contributed by atoms with Crippen molar-refractivity contribution in [2.75, 3.05) is 0 Å². The third kappa shape index (κ3) is 2.66. The Kier molecular flexibility index (Phi) is 4.92. The highest BCUT2D eigenvalue weighted by molar-refractivity contribution is 6.31. The Morgan fingerprint density at radius 3 is 2.50 bits per heavy atom. The molecular formula is C15H19Cl2FN2. The fourth-order valence-corrected chi connectivity index (χ4v) is 3.22. The van der Waals surface area contributed by atoms with Crippen molar-refractivity contribution in [1.29, 1.82) is 0 Å². The molecule has 1 atom stereocenters. The lowest BCUT2D eigenvalue weighted by Crippen LogP contribution is -2.17. The minimum Gasteiger partial charge on any atom is -0.324 e. The predicted molar refractivity (Wildman–Crippen MR) is 83.0 cm³/mol. The standard InChI is InChI=1S/C15H19Cl2FN2/c1-4-10(5-2)9(3)20-14-6-11(17)12(18)7-13(14)19-15(20)8-16/h6-7,9-10H,4-5,8H2,1-3H3. The van der Waals surface area contributed by atoms with Crippen LogP contribution in [0.25, 0.3) is 11.0 Å². The molecule has 2 aromatic rings. The Morgan fingerprint density at radius 2 is 1.95 bits per heavy atom. The molecule has 0 radical (unpaired) electrons. The fourth-order valence-electron chi connectivity index (χ4n) is 2.87. The van der Waals surface area contributed by atoms with E-state index < -0.39 is 5.82 Å². The Hall–Kier alpha value is -0.800. The number of halogens is 3. The summed E-state index contributed by atoms with van der Waals surface area (Å²) in [6.45, 7) is 6.51. The molecule has 2 nitrogen and oxygen atoms in total. The Labute approximate surface area is 128 Å². The van der Waals surface area contributed by atoms with E-state index in [-0.39, 0.29) is 11.1 Å². The van der Waals surface area contributed by atoms with Gasteiger partial charge >= 0.3 is 0 Å². The second kappa shape index (κ2) is 6.31. The smallest absolute Gasteiger partial charge is 0.144 e. The largest absolute Gasteiger partial charge is 0.324 e. The van der Waals surface area contributed by atoms with Crippen molar-refractivity contribution < 1.29 is 4.39 Å². The molecule has 0 spiro atoms. The molecule has 0 aliphatic carbocycles. The molecule has 110 valence electrons. The highest BCUT2D eigenvalue weighted by atomic mass is 35.5. The van der Waals surface area contributed by atoms with Crippen molar-refractivity contribution in [2.45, 2.75) is 45.5 Å². The van der Waals surface area contributed by atoms with Crippen LogP contribution in [0.5, 0.6) is 0 Å². The molecule has 2 rings (SSSR count). The molecule has 20 heavy (non-hydrogen) atoms. The Bertz CT molecular complexity index is 605. The van der Waals surface area contributed by atoms with Gasteiger partial charge in [-0.2, -0.15) is 0 Å². The second-order valence-electron chi connectivity index (χ2n) is 5.10. The van der Waals surface area contributed by atoms with Gasteiger partial charge in [-0.1, -0.05) is 38.3 Å². The van der Waals surface area contributed by atoms with E-state index in [1.54, 1.807) is 6.07 Å². The van der Waals surface area contributed by atoms with Gasteiger partial charge in [-0.3, -0.25) is 0 Å². The lowest BCUT2D eigenvalue weighted by atomic mass is 9.95. The summed E-state index contributed by atoms with van der Waals surface area (Å²) in [5.74, 6) is 1.15. The van der Waals surface area contributed by atoms with Gasteiger partial charge in [0.1, 0.15) is 11.6 Å². The number of alkyl halides is 1. The summed E-state index contributed by atoms with van der Waals surface area (Å²) < 4.78 is 15.7. The lowest BCUT2D eigenvalue weighted by Gasteiger charge is -2.25. The summed E-state index contributed by atoms with van der Waals surface area (Å²) in [5.41, 5.74) is 1.46. The number of aromatic nitrogens is 2. The molecule has 1 unspecified atom stereocenters. The van der Waals surface area contributed by atoms with Crippen LogP contribution in [0.4, 0.5) is 4.39 Å². The van der Waals surface area contributed by atoms with Crippen molar-refractivity contribution in [2.24, 2.45) is 5.92 Å². The maximum absolute atomic E-state index is 13.6. The number of hydrogen-bond acceptors (Lipinski definition) is 1. The van der Waals surface area contributed by atoms with Gasteiger partial charge in [-0.25, -0.2) is 9.37 Å². The molecule has 0 fully saturated rings. The van der Waals surface area contributed by atoms with Crippen LogP contribution < -0.4 is 0 Å². The van der Waals surface area contributed by atoms with Crippen LogP contribution >= 0.6 is 23.2 Å². The van der Waals surface area contributed by atoms with Gasteiger partial charge in [0.05, 0.1) is 21.9 Å². The van der Waals surface area contributed by atoms with Crippen molar-refractivity contribution in [3.63, 3.8) is 0 Å². The number of hydrogen-bond donors (Lipinski definition) is 0. The molecule has 1 aromatic heterocycles. The molecule has 0 aliphatic heterocycles. The SMILES string of the molecule is CCC(CC)C(C)n1c(CCl)nc2cc(F)c(Cl)cc21. The van der Waals surface area contributed by atoms with E-state index in [0.29, 0.717) is 17.3 Å². The minimum absolute atomic E-state index is 0.122. The summed E-state index contributed by atoms with van der Waals surface area (Å²) in [6.07, 6.45) is 2.15. The molecule has 0 saturated heterocycles. The summed E-state index contributed by atoms with van der Waals surface area (Å²) in [7, 11) is 0. The van der Waals surface area contributed by atoms with Crippen LogP contribution in [0.15, 0.2) is 12.1 Å². The van der Waals surface area contributed by atoms with E-state index in [2.05, 4.69) is 30.3 Å². The maximum Gasteiger partial charge on any atom is 0.144 e. The maximum atomic E-state index is 13.6. The topological polar surface area (TPSA) is 17.8 Å². The third-order valence-electron chi connectivity index (χ3n) is 4.06. The molecule has 0 N–H and O–H groups in total. The third-order valence-corrected chi connectivity index (χ3v) is 4.59. The van der Waals surface area contributed by atoms with Crippen molar-refractivity contribution in [3.05, 3.63) is 28.8 Å². The van der Waals surface area contributed by atoms with E-state index in [9.17, 15) is 4.39 Å². The van der Waals surface area contributed by atoms with E-state index in [1.807, 2.05) is 0 Å².